The van der Waals surface area contributed by atoms with E-state index < -0.39 is 14.2 Å². The van der Waals surface area contributed by atoms with E-state index in [1.165, 1.54) is 34.5 Å². The van der Waals surface area contributed by atoms with Crippen LogP contribution in [0, 0.1) is 27.7 Å². The number of aliphatic hydroxyl groups is 1. The second-order valence-electron chi connectivity index (χ2n) is 18.8. The molecule has 2 aliphatic rings. The number of aliphatic hydroxyl groups excluding tert-OH is 1. The number of amides is 1. The van der Waals surface area contributed by atoms with E-state index >= 15 is 0 Å². The van der Waals surface area contributed by atoms with Crippen molar-refractivity contribution in [1.29, 1.82) is 0 Å². The summed E-state index contributed by atoms with van der Waals surface area (Å²) in [4.78, 5) is 55.2. The quantitative estimate of drug-likeness (QED) is 0.0348. The maximum atomic E-state index is 10.9. The molecule has 11 N–H and O–H groups in total. The number of alkyl halides is 2. The van der Waals surface area contributed by atoms with Crippen molar-refractivity contribution >= 4 is 138 Å². The smallest absolute Gasteiger partial charge is 0.499 e. The van der Waals surface area contributed by atoms with E-state index in [0.717, 1.165) is 95.3 Å². The minimum absolute atomic E-state index is 0. The van der Waals surface area contributed by atoms with E-state index in [-0.39, 0.29) is 61.8 Å². The van der Waals surface area contributed by atoms with Gasteiger partial charge < -0.3 is 78.8 Å². The number of hydrogen-bond acceptors (Lipinski definition) is 12. The SMILES string of the molecule is C.C.C.C.CB(O)n1c(B(O)O)cc2ccccc21.CO.COC1=CC(=O)NC1.COc1cc(-c2cc3ccccc3[nH]2)[nH]c1C=O.COc1cc(=C2C=c3ccccc3=N2)[nH]/c1=C/c1[nH]c(C)cc1C.COc1cc(Br)[nH]c1C=O.Cc1c[nH]c(C)c1.Cl.ClCCl.[B]. The standard InChI is InChI=1S/C20H19N3O.C14H12N2O2.C9H11B2NO3.C6H6BrNO2.C6H9N.C5H7NO2.CH2Cl2.CH4O.4CH4.B.ClH/c1-12-8-13(2)21-16(12)10-19-20(24-3)11-18(23-19)17-9-14-6-4-5-7-15(14)22-17;1-18-14-7-12(16-13(14)8-17)11-6-9-4-2-3-5-10(9)15-11;1-10(13)12-8-5-3-2-4-7(8)6-9(12)11(14)15;1-10-5-2-6(7)8-4(5)3-9;1-5-3-6(2)7-4-5;1-8-4-2-5(7)6-3-4;2-1-3;1-2;;;;;;/h4-11,21,23H,1-3H3;2-8,15-16H,1H3;2-6,13-15H,1H3;2-3,8H,1H3;3-4,7H,1-2H3;2H,3H2,1H3,(H,6,7);1H2;2H,1H3;4*1H4;;1H/b18-17?,19-10+;;;;;;;;;;;;;. The molecule has 0 aliphatic carbocycles. The lowest BCUT2D eigenvalue weighted by molar-refractivity contribution is -0.115. The number of carbonyl (C=O) groups is 3. The number of aromatic amines is 6. The monoisotopic (exact) mass is 1400 g/mol. The number of H-pyrrole nitrogens is 6. The number of nitrogens with zero attached hydrogens (tertiary/aromatic N) is 2. The zero-order valence-corrected chi connectivity index (χ0v) is 54.6. The van der Waals surface area contributed by atoms with Gasteiger partial charge in [-0.1, -0.05) is 84.3 Å². The maximum Gasteiger partial charge on any atom is 0.504 e. The normalized spacial score (nSPS) is 11.4. The number of halogens is 4. The van der Waals surface area contributed by atoms with E-state index in [4.69, 9.17) is 52.2 Å². The molecule has 7 aromatic heterocycles. The number of aryl methyl sites for hydroxylation is 4. The molecule has 0 saturated carbocycles. The number of ether oxygens (including phenoxy) is 4. The molecule has 3 radical (unpaired) electrons. The Kier molecular flexibility index (Phi) is 40.6. The second kappa shape index (κ2) is 43.5. The highest BCUT2D eigenvalue weighted by molar-refractivity contribution is 9.10. The van der Waals surface area contributed by atoms with Gasteiger partial charge in [0, 0.05) is 90.3 Å². The summed E-state index contributed by atoms with van der Waals surface area (Å²) >= 11 is 12.7. The fraction of sp³-hybridized carbons (Fsp3) is 0.242. The van der Waals surface area contributed by atoms with Crippen molar-refractivity contribution in [2.45, 2.75) is 64.2 Å². The highest BCUT2D eigenvalue weighted by Crippen LogP contribution is 2.28. The van der Waals surface area contributed by atoms with Gasteiger partial charge >= 0.3 is 14.2 Å². The lowest BCUT2D eigenvalue weighted by Gasteiger charge is -2.09. The van der Waals surface area contributed by atoms with Gasteiger partial charge in [0.15, 0.2) is 12.6 Å². The van der Waals surface area contributed by atoms with Gasteiger partial charge in [-0.2, -0.15) is 0 Å². The Morgan fingerprint density at radius 1 is 0.667 bits per heavy atom. The number of methoxy groups -OCH3 is 4. The van der Waals surface area contributed by atoms with Crippen molar-refractivity contribution in [3.8, 4) is 28.6 Å². The van der Waals surface area contributed by atoms with Crippen LogP contribution in [0.1, 0.15) is 78.9 Å². The fourth-order valence-corrected chi connectivity index (χ4v) is 9.26. The number of fused-ring (bicyclic) bond motifs is 3. The summed E-state index contributed by atoms with van der Waals surface area (Å²) in [7, 11) is 4.93. The number of aromatic nitrogens is 7. The molecule has 0 spiro atoms. The third kappa shape index (κ3) is 24.6. The molecule has 0 unspecified atom stereocenters. The first-order valence-electron chi connectivity index (χ1n) is 26.7. The van der Waals surface area contributed by atoms with Crippen LogP contribution in [-0.4, -0.2) is 143 Å². The molecule has 27 heteroatoms. The van der Waals surface area contributed by atoms with Gasteiger partial charge in [0.1, 0.15) is 34.4 Å². The molecule has 9 heterocycles. The second-order valence-corrected chi connectivity index (χ2v) is 20.5. The Morgan fingerprint density at radius 2 is 1.25 bits per heavy atom. The number of nitrogens with one attached hydrogen (secondary N) is 7. The molecule has 0 fully saturated rings. The van der Waals surface area contributed by atoms with Gasteiger partial charge in [0.2, 0.25) is 5.91 Å². The molecule has 0 atom stereocenters. The van der Waals surface area contributed by atoms with Gasteiger partial charge in [-0.05, 0) is 122 Å². The van der Waals surface area contributed by atoms with Gasteiger partial charge in [-0.25, -0.2) is 4.99 Å². The summed E-state index contributed by atoms with van der Waals surface area (Å²) in [6, 6.07) is 37.0. The lowest BCUT2D eigenvalue weighted by atomic mass is 9.79. The summed E-state index contributed by atoms with van der Waals surface area (Å²) in [5.41, 5.74) is 11.7. The van der Waals surface area contributed by atoms with E-state index in [9.17, 15) is 29.5 Å². The van der Waals surface area contributed by atoms with Crippen LogP contribution in [0.5, 0.6) is 17.2 Å². The van der Waals surface area contributed by atoms with Gasteiger partial charge in [0.25, 0.3) is 0 Å². The van der Waals surface area contributed by atoms with Crippen molar-refractivity contribution in [1.82, 2.24) is 39.7 Å². The molecule has 10 aromatic rings. The van der Waals surface area contributed by atoms with Crippen LogP contribution in [0.4, 0.5) is 0 Å². The van der Waals surface area contributed by atoms with Crippen LogP contribution in [0.2, 0.25) is 6.82 Å². The zero-order chi connectivity index (χ0) is 63.7. The molecule has 3 aromatic carbocycles. The minimum Gasteiger partial charge on any atom is -0.499 e. The van der Waals surface area contributed by atoms with Gasteiger partial charge in [0.05, 0.1) is 78.1 Å². The summed E-state index contributed by atoms with van der Waals surface area (Å²) in [6.45, 7) is 10.4. The van der Waals surface area contributed by atoms with Crippen LogP contribution in [0.25, 0.3) is 51.0 Å². The number of carbonyl (C=O) groups excluding carboxylic acids is 3. The largest absolute Gasteiger partial charge is 0.504 e. The molecule has 499 valence electrons. The predicted molar refractivity (Wildman–Crippen MR) is 390 cm³/mol. The number of aldehydes is 2. The number of benzene rings is 3. The van der Waals surface area contributed by atoms with Crippen LogP contribution in [0.15, 0.2) is 143 Å². The first kappa shape index (κ1) is 86.7. The van der Waals surface area contributed by atoms with Crippen LogP contribution in [0.3, 0.4) is 0 Å². The third-order valence-electron chi connectivity index (χ3n) is 12.7. The molecule has 2 aliphatic heterocycles. The molecule has 20 nitrogen and oxygen atoms in total. The number of hydrogen-bond donors (Lipinski definition) is 11. The number of rotatable bonds is 10. The topological polar surface area (TPSA) is 293 Å². The molecule has 12 rings (SSSR count). The first-order chi connectivity index (χ1) is 41.9. The van der Waals surface area contributed by atoms with Gasteiger partial charge in [-0.15, -0.1) is 35.6 Å². The Labute approximate surface area is 571 Å². The van der Waals surface area contributed by atoms with Crippen molar-refractivity contribution in [2.24, 2.45) is 4.99 Å². The molecule has 1 amide bonds. The van der Waals surface area contributed by atoms with Crippen molar-refractivity contribution < 1.29 is 53.5 Å². The van der Waals surface area contributed by atoms with E-state index in [0.29, 0.717) is 47.1 Å². The Bertz CT molecular complexity index is 4090. The molecule has 0 saturated heterocycles. The minimum atomic E-state index is -1.58. The fourth-order valence-electron chi connectivity index (χ4n) is 8.83. The van der Waals surface area contributed by atoms with E-state index in [2.05, 4.69) is 102 Å². The Balaban J connectivity index is 0. The van der Waals surface area contributed by atoms with Crippen molar-refractivity contribution in [3.63, 3.8) is 0 Å². The first-order valence-corrected chi connectivity index (χ1v) is 28.6. The van der Waals surface area contributed by atoms with E-state index in [1.54, 1.807) is 40.3 Å². The van der Waals surface area contributed by atoms with Gasteiger partial charge in [-0.3, -0.25) is 14.4 Å². The molecular formula is C66H87B3BrCl3N9O11. The molecular weight excluding hydrogens is 1310 g/mol. The average Bonchev–Trinajstić information content (AvgIpc) is 1.69. The Hall–Kier alpha value is -8.32. The van der Waals surface area contributed by atoms with Crippen molar-refractivity contribution in [3.05, 3.63) is 199 Å². The molecule has 0 bridgehead atoms. The summed E-state index contributed by atoms with van der Waals surface area (Å²) in [5, 5.41) is 43.7. The highest BCUT2D eigenvalue weighted by Gasteiger charge is 2.23. The summed E-state index contributed by atoms with van der Waals surface area (Å²) in [6.07, 6.45) is 9.08. The summed E-state index contributed by atoms with van der Waals surface area (Å²) < 4.78 is 22.5. The predicted octanol–water partition coefficient (Wildman–Crippen LogP) is 9.77. The lowest BCUT2D eigenvalue weighted by Crippen LogP contribution is -2.41. The average molecular weight is 1400 g/mol. The Morgan fingerprint density at radius 3 is 1.72 bits per heavy atom. The molecule has 93 heavy (non-hydrogen) atoms. The maximum absolute atomic E-state index is 10.9. The number of para-hydroxylation sites is 3. The third-order valence-corrected chi connectivity index (χ3v) is 13.1. The zero-order valence-electron chi connectivity index (χ0n) is 50.7. The van der Waals surface area contributed by atoms with Crippen LogP contribution in [-0.2, 0) is 9.53 Å². The van der Waals surface area contributed by atoms with E-state index in [1.807, 2.05) is 98.0 Å². The van der Waals surface area contributed by atoms with Crippen LogP contribution < -0.4 is 46.4 Å². The van der Waals surface area contributed by atoms with Crippen molar-refractivity contribution in [2.75, 3.05) is 47.4 Å². The summed E-state index contributed by atoms with van der Waals surface area (Å²) in [5.74, 6) is 2.56. The highest BCUT2D eigenvalue weighted by atomic mass is 79.9. The van der Waals surface area contributed by atoms with Crippen LogP contribution >= 0.6 is 51.5 Å².